The number of pyridine rings is 2. The van der Waals surface area contributed by atoms with E-state index in [1.807, 2.05) is 62.0 Å². The zero-order valence-electron chi connectivity index (χ0n) is 17.6. The molecule has 27 heavy (non-hydrogen) atoms. The molecule has 0 fully saturated rings. The second-order valence-corrected chi connectivity index (χ2v) is 8.21. The Morgan fingerprint density at radius 2 is 1.56 bits per heavy atom. The topological polar surface area (TPSA) is 25.8 Å². The summed E-state index contributed by atoms with van der Waals surface area (Å²) >= 11 is 1.85. The van der Waals surface area contributed by atoms with E-state index in [-0.39, 0.29) is 0 Å². The second-order valence-electron chi connectivity index (χ2n) is 7.04. The van der Waals surface area contributed by atoms with Crippen molar-refractivity contribution >= 4 is 11.3 Å². The van der Waals surface area contributed by atoms with Crippen LogP contribution in [-0.2, 0) is 12.8 Å². The average molecular weight is 383 g/mol. The summed E-state index contributed by atoms with van der Waals surface area (Å²) in [6, 6.07) is 14.5. The minimum absolute atomic E-state index is 0.722. The normalized spacial score (nSPS) is 10.1. The standard InChI is InChI=1S/C13H15NS.C9H13N.C2H6/c1-10(2)9-11-6-7-13(15-11)12-5-3-4-8-14-12;1-8(2)6-9-4-3-5-10-7-9;1-2/h3-8,10H,9H2,1-2H3;3-5,7-8H,6H2,1-2H3;1-2H3. The molecule has 3 aromatic heterocycles. The van der Waals surface area contributed by atoms with E-state index in [0.29, 0.717) is 0 Å². The van der Waals surface area contributed by atoms with Crippen LogP contribution in [-0.4, -0.2) is 9.97 Å². The lowest BCUT2D eigenvalue weighted by atomic mass is 10.1. The number of nitrogens with zero attached hydrogens (tertiary/aromatic N) is 2. The van der Waals surface area contributed by atoms with Crippen molar-refractivity contribution < 1.29 is 0 Å². The Kier molecular flexibility index (Phi) is 11.3. The van der Waals surface area contributed by atoms with Crippen molar-refractivity contribution in [2.45, 2.75) is 54.4 Å². The van der Waals surface area contributed by atoms with Gasteiger partial charge in [0.25, 0.3) is 0 Å². The highest BCUT2D eigenvalue weighted by molar-refractivity contribution is 7.15. The Morgan fingerprint density at radius 1 is 0.815 bits per heavy atom. The van der Waals surface area contributed by atoms with Gasteiger partial charge in [0.15, 0.2) is 0 Å². The smallest absolute Gasteiger partial charge is 0.0801 e. The van der Waals surface area contributed by atoms with E-state index in [1.165, 1.54) is 15.3 Å². The van der Waals surface area contributed by atoms with Gasteiger partial charge in [0.2, 0.25) is 0 Å². The fraction of sp³-hybridized carbons (Fsp3) is 0.417. The lowest BCUT2D eigenvalue weighted by Crippen LogP contribution is -1.93. The summed E-state index contributed by atoms with van der Waals surface area (Å²) in [7, 11) is 0. The van der Waals surface area contributed by atoms with E-state index in [4.69, 9.17) is 0 Å². The third-order valence-electron chi connectivity index (χ3n) is 3.56. The van der Waals surface area contributed by atoms with Gasteiger partial charge in [-0.1, -0.05) is 53.7 Å². The Balaban J connectivity index is 0.000000265. The van der Waals surface area contributed by atoms with Gasteiger partial charge in [0.05, 0.1) is 10.6 Å². The van der Waals surface area contributed by atoms with Crippen LogP contribution in [0.2, 0.25) is 0 Å². The van der Waals surface area contributed by atoms with Crippen molar-refractivity contribution in [3.8, 4) is 10.6 Å². The summed E-state index contributed by atoms with van der Waals surface area (Å²) < 4.78 is 0. The third-order valence-corrected chi connectivity index (χ3v) is 4.69. The number of hydrogen-bond donors (Lipinski definition) is 0. The van der Waals surface area contributed by atoms with Gasteiger partial charge in [0, 0.05) is 23.5 Å². The van der Waals surface area contributed by atoms with Crippen LogP contribution in [0.15, 0.2) is 61.1 Å². The highest BCUT2D eigenvalue weighted by Gasteiger charge is 2.04. The molecule has 3 heteroatoms. The first-order chi connectivity index (χ1) is 13.0. The summed E-state index contributed by atoms with van der Waals surface area (Å²) in [5.41, 5.74) is 2.41. The predicted molar refractivity (Wildman–Crippen MR) is 120 cm³/mol. The van der Waals surface area contributed by atoms with Gasteiger partial charge in [0.1, 0.15) is 0 Å². The molecule has 0 radical (unpaired) electrons. The van der Waals surface area contributed by atoms with Crippen LogP contribution in [0.1, 0.15) is 52.0 Å². The molecule has 146 valence electrons. The lowest BCUT2D eigenvalue weighted by Gasteiger charge is -2.01. The molecular formula is C24H34N2S. The highest BCUT2D eigenvalue weighted by atomic mass is 32.1. The Labute approximate surface area is 169 Å². The van der Waals surface area contributed by atoms with E-state index in [2.05, 4.69) is 61.9 Å². The summed E-state index contributed by atoms with van der Waals surface area (Å²) in [5, 5.41) is 0. The molecule has 0 spiro atoms. The van der Waals surface area contributed by atoms with Gasteiger partial charge in [-0.2, -0.15) is 0 Å². The van der Waals surface area contributed by atoms with Gasteiger partial charge in [-0.05, 0) is 60.6 Å². The lowest BCUT2D eigenvalue weighted by molar-refractivity contribution is 0.645. The summed E-state index contributed by atoms with van der Waals surface area (Å²) in [4.78, 5) is 11.1. The van der Waals surface area contributed by atoms with Crippen LogP contribution in [0.4, 0.5) is 0 Å². The molecule has 2 nitrogen and oxygen atoms in total. The maximum atomic E-state index is 4.35. The van der Waals surface area contributed by atoms with Crippen LogP contribution in [0.3, 0.4) is 0 Å². The van der Waals surface area contributed by atoms with Crippen LogP contribution < -0.4 is 0 Å². The van der Waals surface area contributed by atoms with Crippen LogP contribution in [0.5, 0.6) is 0 Å². The molecular weight excluding hydrogens is 348 g/mol. The monoisotopic (exact) mass is 382 g/mol. The third kappa shape index (κ3) is 9.48. The van der Waals surface area contributed by atoms with E-state index in [0.717, 1.165) is 30.4 Å². The number of thiophene rings is 1. The molecule has 0 unspecified atom stereocenters. The molecule has 3 rings (SSSR count). The predicted octanol–water partition coefficient (Wildman–Crippen LogP) is 7.31. The quantitative estimate of drug-likeness (QED) is 0.462. The molecule has 3 heterocycles. The van der Waals surface area contributed by atoms with E-state index in [9.17, 15) is 0 Å². The van der Waals surface area contributed by atoms with Crippen molar-refractivity contribution in [3.05, 3.63) is 71.5 Å². The van der Waals surface area contributed by atoms with Crippen molar-refractivity contribution in [1.29, 1.82) is 0 Å². The highest BCUT2D eigenvalue weighted by Crippen LogP contribution is 2.27. The maximum absolute atomic E-state index is 4.35. The van der Waals surface area contributed by atoms with Gasteiger partial charge >= 0.3 is 0 Å². The first-order valence-corrected chi connectivity index (χ1v) is 10.7. The van der Waals surface area contributed by atoms with Gasteiger partial charge in [-0.25, -0.2) is 0 Å². The molecule has 0 aliphatic heterocycles. The van der Waals surface area contributed by atoms with Crippen molar-refractivity contribution in [3.63, 3.8) is 0 Å². The number of hydrogen-bond acceptors (Lipinski definition) is 3. The molecule has 0 bridgehead atoms. The minimum atomic E-state index is 0.722. The van der Waals surface area contributed by atoms with Gasteiger partial charge in [-0.3, -0.25) is 9.97 Å². The zero-order chi connectivity index (χ0) is 20.1. The summed E-state index contributed by atoms with van der Waals surface area (Å²) in [6.45, 7) is 12.9. The maximum Gasteiger partial charge on any atom is 0.0801 e. The Hall–Kier alpha value is -2.00. The molecule has 0 atom stereocenters. The summed E-state index contributed by atoms with van der Waals surface area (Å²) in [6.07, 6.45) is 7.88. The first kappa shape index (κ1) is 23.0. The first-order valence-electron chi connectivity index (χ1n) is 9.93. The fourth-order valence-electron chi connectivity index (χ4n) is 2.53. The molecule has 0 aliphatic carbocycles. The number of rotatable bonds is 5. The Morgan fingerprint density at radius 3 is 2.11 bits per heavy atom. The molecule has 3 aromatic rings. The SMILES string of the molecule is CC.CC(C)Cc1ccc(-c2ccccn2)s1.CC(C)Cc1cccnc1. The van der Waals surface area contributed by atoms with Crippen molar-refractivity contribution in [2.75, 3.05) is 0 Å². The van der Waals surface area contributed by atoms with Gasteiger partial charge in [-0.15, -0.1) is 11.3 Å². The molecule has 0 saturated carbocycles. The second kappa shape index (κ2) is 13.2. The minimum Gasteiger partial charge on any atom is -0.264 e. The molecule has 0 amide bonds. The molecule has 0 saturated heterocycles. The molecule has 0 N–H and O–H groups in total. The Bertz CT molecular complexity index is 718. The van der Waals surface area contributed by atoms with Crippen LogP contribution >= 0.6 is 11.3 Å². The van der Waals surface area contributed by atoms with Crippen molar-refractivity contribution in [2.24, 2.45) is 11.8 Å². The van der Waals surface area contributed by atoms with Crippen molar-refractivity contribution in [1.82, 2.24) is 9.97 Å². The molecule has 0 aromatic carbocycles. The van der Waals surface area contributed by atoms with E-state index < -0.39 is 0 Å². The molecule has 0 aliphatic rings. The van der Waals surface area contributed by atoms with E-state index >= 15 is 0 Å². The van der Waals surface area contributed by atoms with Crippen LogP contribution in [0.25, 0.3) is 10.6 Å². The summed E-state index contributed by atoms with van der Waals surface area (Å²) in [5.74, 6) is 1.45. The van der Waals surface area contributed by atoms with Crippen LogP contribution in [0, 0.1) is 11.8 Å². The number of aromatic nitrogens is 2. The van der Waals surface area contributed by atoms with Gasteiger partial charge < -0.3 is 0 Å². The zero-order valence-corrected chi connectivity index (χ0v) is 18.5. The average Bonchev–Trinajstić information content (AvgIpc) is 3.13. The largest absolute Gasteiger partial charge is 0.264 e. The fourth-order valence-corrected chi connectivity index (χ4v) is 3.72. The van der Waals surface area contributed by atoms with E-state index in [1.54, 1.807) is 0 Å².